The number of nitrogens with one attached hydrogen (secondary N) is 2. The fraction of sp³-hybridized carbons (Fsp3) is 0.625. The molecule has 0 radical (unpaired) electrons. The van der Waals surface area contributed by atoms with Gasteiger partial charge in [-0.3, -0.25) is 14.4 Å². The van der Waals surface area contributed by atoms with Gasteiger partial charge in [0, 0.05) is 29.7 Å². The zero-order valence-electron chi connectivity index (χ0n) is 20.2. The quantitative estimate of drug-likeness (QED) is 0.478. The molecular weight excluding hydrogens is 470 g/mol. The highest BCUT2D eigenvalue weighted by molar-refractivity contribution is 5.98. The first-order chi connectivity index (χ1) is 16.2. The molecule has 35 heavy (non-hydrogen) atoms. The van der Waals surface area contributed by atoms with Crippen molar-refractivity contribution in [1.29, 1.82) is 0 Å². The minimum absolute atomic E-state index is 0.0739. The average molecular weight is 502 g/mol. The van der Waals surface area contributed by atoms with Crippen LogP contribution >= 0.6 is 0 Å². The number of likely N-dealkylation sites (tertiary alicyclic amines) is 1. The van der Waals surface area contributed by atoms with Crippen molar-refractivity contribution >= 4 is 17.8 Å². The Labute approximate surface area is 201 Å². The van der Waals surface area contributed by atoms with Gasteiger partial charge in [0.2, 0.25) is 5.91 Å². The van der Waals surface area contributed by atoms with Gasteiger partial charge in [-0.15, -0.1) is 0 Å². The largest absolute Gasteiger partial charge is 0.469 e. The molecule has 4 atom stereocenters. The molecule has 2 amide bonds. The minimum atomic E-state index is -4.95. The summed E-state index contributed by atoms with van der Waals surface area (Å²) < 4.78 is 57.5. The molecule has 1 heterocycles. The molecule has 1 unspecified atom stereocenters. The summed E-state index contributed by atoms with van der Waals surface area (Å²) in [6, 6.07) is 0.658. The molecule has 1 aromatic carbocycles. The molecule has 1 aliphatic heterocycles. The van der Waals surface area contributed by atoms with Gasteiger partial charge in [0.15, 0.2) is 0 Å². The number of amides is 2. The van der Waals surface area contributed by atoms with Crippen LogP contribution in [0.5, 0.6) is 0 Å². The summed E-state index contributed by atoms with van der Waals surface area (Å²) in [5.41, 5.74) is -2.10. The van der Waals surface area contributed by atoms with E-state index in [-0.39, 0.29) is 24.5 Å². The number of ether oxygens (including phenoxy) is 1. The number of carbonyl (C=O) groups is 3. The van der Waals surface area contributed by atoms with E-state index in [0.717, 1.165) is 12.5 Å². The van der Waals surface area contributed by atoms with E-state index in [2.05, 4.69) is 10.6 Å². The van der Waals surface area contributed by atoms with Crippen LogP contribution in [0.25, 0.3) is 0 Å². The third-order valence-electron chi connectivity index (χ3n) is 6.43. The van der Waals surface area contributed by atoms with Gasteiger partial charge < -0.3 is 20.3 Å². The van der Waals surface area contributed by atoms with Crippen molar-refractivity contribution < 1.29 is 36.7 Å². The molecule has 194 valence electrons. The Hall–Kier alpha value is -2.69. The number of methoxy groups -OCH3 is 1. The lowest BCUT2D eigenvalue weighted by molar-refractivity contribution is -0.151. The topological polar surface area (TPSA) is 87.7 Å². The van der Waals surface area contributed by atoms with E-state index in [1.54, 1.807) is 4.90 Å². The van der Waals surface area contributed by atoms with Crippen LogP contribution in [0.1, 0.15) is 62.4 Å². The highest BCUT2D eigenvalue weighted by Gasteiger charge is 2.45. The van der Waals surface area contributed by atoms with Crippen molar-refractivity contribution in [1.82, 2.24) is 15.5 Å². The second-order valence-electron chi connectivity index (χ2n) is 10.1. The second-order valence-corrected chi connectivity index (χ2v) is 10.1. The van der Waals surface area contributed by atoms with Gasteiger partial charge >= 0.3 is 12.1 Å². The molecule has 0 spiro atoms. The van der Waals surface area contributed by atoms with Crippen molar-refractivity contribution in [2.75, 3.05) is 13.7 Å². The Morgan fingerprint density at radius 1 is 1.11 bits per heavy atom. The smallest absolute Gasteiger partial charge is 0.419 e. The maximum atomic E-state index is 13.5. The number of nitrogens with zero attached hydrogens (tertiary/aromatic N) is 1. The van der Waals surface area contributed by atoms with Gasteiger partial charge in [-0.25, -0.2) is 4.39 Å². The molecule has 0 bridgehead atoms. The number of hydrogen-bond donors (Lipinski definition) is 2. The summed E-state index contributed by atoms with van der Waals surface area (Å²) >= 11 is 0. The first-order valence-corrected chi connectivity index (χ1v) is 11.5. The fourth-order valence-electron chi connectivity index (χ4n) is 4.97. The van der Waals surface area contributed by atoms with Crippen molar-refractivity contribution in [2.45, 2.75) is 76.3 Å². The van der Waals surface area contributed by atoms with Gasteiger partial charge in [0.05, 0.1) is 18.6 Å². The van der Waals surface area contributed by atoms with Gasteiger partial charge in [-0.2, -0.15) is 13.2 Å². The standard InChI is InChI=1S/C24H31F4N3O4/c1-23(2,3)30-14-6-8-19(15(12-14)22(34)35-4)31-10-9-18(21(31)33)29-20(32)13-5-7-17(25)16(11-13)24(26,27)28/h5,7,11,14-15,18-19,30H,6,8-10,12H2,1-4H3,(H,29,32)/t14-,15-,18?,19+/m1/s1. The zero-order chi connectivity index (χ0) is 26.1. The molecule has 1 aromatic rings. The number of rotatable bonds is 5. The molecule has 11 heteroatoms. The molecule has 2 aliphatic rings. The Morgan fingerprint density at radius 2 is 1.80 bits per heavy atom. The Bertz CT molecular complexity index is 976. The van der Waals surface area contributed by atoms with Crippen LogP contribution in [-0.4, -0.2) is 60.0 Å². The molecule has 2 N–H and O–H groups in total. The second kappa shape index (κ2) is 10.1. The van der Waals surface area contributed by atoms with Gasteiger partial charge in [-0.05, 0) is 64.7 Å². The van der Waals surface area contributed by atoms with Crippen LogP contribution in [0.15, 0.2) is 18.2 Å². The highest BCUT2D eigenvalue weighted by atomic mass is 19.4. The minimum Gasteiger partial charge on any atom is -0.469 e. The monoisotopic (exact) mass is 501 g/mol. The number of benzene rings is 1. The summed E-state index contributed by atoms with van der Waals surface area (Å²) in [7, 11) is 1.30. The summed E-state index contributed by atoms with van der Waals surface area (Å²) in [6.45, 7) is 6.38. The van der Waals surface area contributed by atoms with Crippen LogP contribution in [-0.2, 0) is 20.5 Å². The third-order valence-corrected chi connectivity index (χ3v) is 6.43. The molecule has 2 fully saturated rings. The number of halogens is 4. The lowest BCUT2D eigenvalue weighted by Gasteiger charge is -2.41. The van der Waals surface area contributed by atoms with Crippen LogP contribution in [0.3, 0.4) is 0 Å². The lowest BCUT2D eigenvalue weighted by atomic mass is 9.80. The Balaban J connectivity index is 1.71. The van der Waals surface area contributed by atoms with Crippen LogP contribution < -0.4 is 10.6 Å². The number of carbonyl (C=O) groups excluding carboxylic acids is 3. The van der Waals surface area contributed by atoms with Crippen molar-refractivity contribution in [3.05, 3.63) is 35.1 Å². The molecule has 1 saturated heterocycles. The molecule has 3 rings (SSSR count). The lowest BCUT2D eigenvalue weighted by Crippen LogP contribution is -2.55. The van der Waals surface area contributed by atoms with E-state index in [0.29, 0.717) is 25.0 Å². The Kier molecular flexibility index (Phi) is 7.78. The van der Waals surface area contributed by atoms with Crippen molar-refractivity contribution in [3.8, 4) is 0 Å². The van der Waals surface area contributed by atoms with Gasteiger partial charge in [0.1, 0.15) is 11.9 Å². The first kappa shape index (κ1) is 26.9. The first-order valence-electron chi connectivity index (χ1n) is 11.5. The number of hydrogen-bond acceptors (Lipinski definition) is 5. The zero-order valence-corrected chi connectivity index (χ0v) is 20.2. The van der Waals surface area contributed by atoms with E-state index >= 15 is 0 Å². The normalized spacial score (nSPS) is 25.5. The molecule has 7 nitrogen and oxygen atoms in total. The SMILES string of the molecule is COC(=O)[C@@H]1C[C@H](NC(C)(C)C)CC[C@@H]1N1CCC(NC(=O)c2ccc(F)c(C(F)(F)F)c2)C1=O. The maximum Gasteiger partial charge on any atom is 0.419 e. The van der Waals surface area contributed by atoms with E-state index in [1.807, 2.05) is 20.8 Å². The molecule has 1 aliphatic carbocycles. The highest BCUT2D eigenvalue weighted by Crippen LogP contribution is 2.34. The van der Waals surface area contributed by atoms with Gasteiger partial charge in [0.25, 0.3) is 5.91 Å². The van der Waals surface area contributed by atoms with Crippen LogP contribution in [0.4, 0.5) is 17.6 Å². The molecular formula is C24H31F4N3O4. The summed E-state index contributed by atoms with van der Waals surface area (Å²) in [6.07, 6.45) is -2.92. The maximum absolute atomic E-state index is 13.5. The number of alkyl halides is 3. The van der Waals surface area contributed by atoms with Crippen LogP contribution in [0.2, 0.25) is 0 Å². The summed E-state index contributed by atoms with van der Waals surface area (Å²) in [4.78, 5) is 39.8. The van der Waals surface area contributed by atoms with Gasteiger partial charge in [-0.1, -0.05) is 0 Å². The van der Waals surface area contributed by atoms with Crippen molar-refractivity contribution in [2.24, 2.45) is 5.92 Å². The summed E-state index contributed by atoms with van der Waals surface area (Å²) in [5, 5.41) is 5.95. The third kappa shape index (κ3) is 6.31. The van der Waals surface area contributed by atoms with Crippen molar-refractivity contribution in [3.63, 3.8) is 0 Å². The van der Waals surface area contributed by atoms with E-state index in [1.165, 1.54) is 7.11 Å². The Morgan fingerprint density at radius 3 is 2.40 bits per heavy atom. The predicted molar refractivity (Wildman–Crippen MR) is 119 cm³/mol. The van der Waals surface area contributed by atoms with E-state index < -0.39 is 58.9 Å². The molecule has 1 saturated carbocycles. The van der Waals surface area contributed by atoms with E-state index in [4.69, 9.17) is 4.74 Å². The van der Waals surface area contributed by atoms with E-state index in [9.17, 15) is 31.9 Å². The predicted octanol–water partition coefficient (Wildman–Crippen LogP) is 3.27. The summed E-state index contributed by atoms with van der Waals surface area (Å²) in [5.74, 6) is -3.75. The fourth-order valence-corrected chi connectivity index (χ4v) is 4.97. The molecule has 0 aromatic heterocycles. The number of esters is 1. The van der Waals surface area contributed by atoms with Crippen LogP contribution in [0, 0.1) is 11.7 Å². The average Bonchev–Trinajstić information content (AvgIpc) is 3.11.